The molecule has 2 aliphatic heterocycles. The molecule has 1 atom stereocenters. The Bertz CT molecular complexity index is 580. The molecule has 0 spiro atoms. The molecule has 0 saturated carbocycles. The molecule has 2 fully saturated rings. The van der Waals surface area contributed by atoms with Crippen LogP contribution in [-0.2, 0) is 9.59 Å². The van der Waals surface area contributed by atoms with Crippen molar-refractivity contribution in [1.29, 1.82) is 0 Å². The van der Waals surface area contributed by atoms with Crippen molar-refractivity contribution in [3.8, 4) is 0 Å². The van der Waals surface area contributed by atoms with Crippen LogP contribution in [0.4, 0.5) is 5.82 Å². The zero-order valence-corrected chi connectivity index (χ0v) is 14.7. The van der Waals surface area contributed by atoms with Gasteiger partial charge in [-0.25, -0.2) is 4.98 Å². The molecule has 0 aliphatic carbocycles. The Hall–Kier alpha value is -2.18. The Balaban J connectivity index is 1.45. The van der Waals surface area contributed by atoms with Crippen molar-refractivity contribution in [3.05, 3.63) is 18.6 Å². The maximum Gasteiger partial charge on any atom is 0.224 e. The molecule has 3 heterocycles. The van der Waals surface area contributed by atoms with Gasteiger partial charge in [-0.1, -0.05) is 6.42 Å². The summed E-state index contributed by atoms with van der Waals surface area (Å²) in [6.45, 7) is 3.55. The van der Waals surface area contributed by atoms with Gasteiger partial charge in [-0.05, 0) is 25.7 Å². The Labute approximate surface area is 148 Å². The van der Waals surface area contributed by atoms with Crippen molar-refractivity contribution in [2.45, 2.75) is 38.5 Å². The van der Waals surface area contributed by atoms with Gasteiger partial charge >= 0.3 is 0 Å². The number of carbonyl (C=O) groups is 2. The molecule has 2 aliphatic rings. The number of hydrogen-bond donors (Lipinski definition) is 1. The topological polar surface area (TPSA) is 78.4 Å². The number of hydrogen-bond acceptors (Lipinski definition) is 5. The lowest BCUT2D eigenvalue weighted by atomic mass is 9.97. The van der Waals surface area contributed by atoms with Crippen molar-refractivity contribution in [2.24, 2.45) is 5.92 Å². The van der Waals surface area contributed by atoms with Crippen molar-refractivity contribution in [3.63, 3.8) is 0 Å². The number of likely N-dealkylation sites (tertiary alicyclic amines) is 1. The van der Waals surface area contributed by atoms with Gasteiger partial charge in [-0.15, -0.1) is 0 Å². The van der Waals surface area contributed by atoms with Gasteiger partial charge in [0.1, 0.15) is 5.82 Å². The van der Waals surface area contributed by atoms with Gasteiger partial charge in [-0.2, -0.15) is 0 Å². The largest absolute Gasteiger partial charge is 0.355 e. The molecule has 1 aromatic heterocycles. The van der Waals surface area contributed by atoms with E-state index in [0.29, 0.717) is 26.1 Å². The fourth-order valence-corrected chi connectivity index (χ4v) is 3.59. The molecule has 0 aromatic carbocycles. The molecule has 136 valence electrons. The Morgan fingerprint density at radius 3 is 2.96 bits per heavy atom. The highest BCUT2D eigenvalue weighted by atomic mass is 16.2. The standard InChI is InChI=1S/C18H27N5O2/c24-17-6-2-1-3-10-22(17)12-9-21-18(25)15-5-4-11-23(14-15)16-13-19-7-8-20-16/h7-8,13,15H,1-6,9-12,14H2,(H,21,25)/t15-/m1/s1. The van der Waals surface area contributed by atoms with E-state index in [-0.39, 0.29) is 17.7 Å². The van der Waals surface area contributed by atoms with Gasteiger partial charge in [0, 0.05) is 51.5 Å². The van der Waals surface area contributed by atoms with E-state index < -0.39 is 0 Å². The molecule has 1 N–H and O–H groups in total. The van der Waals surface area contributed by atoms with Crippen LogP contribution >= 0.6 is 0 Å². The summed E-state index contributed by atoms with van der Waals surface area (Å²) >= 11 is 0. The minimum atomic E-state index is -0.0319. The smallest absolute Gasteiger partial charge is 0.224 e. The van der Waals surface area contributed by atoms with E-state index in [4.69, 9.17) is 0 Å². The van der Waals surface area contributed by atoms with Crippen LogP contribution in [0.5, 0.6) is 0 Å². The van der Waals surface area contributed by atoms with Crippen LogP contribution in [0.15, 0.2) is 18.6 Å². The summed E-state index contributed by atoms with van der Waals surface area (Å²) in [6.07, 6.45) is 10.8. The van der Waals surface area contributed by atoms with Gasteiger partial charge in [0.15, 0.2) is 0 Å². The number of anilines is 1. The molecule has 0 radical (unpaired) electrons. The summed E-state index contributed by atoms with van der Waals surface area (Å²) in [7, 11) is 0. The first-order valence-corrected chi connectivity index (χ1v) is 9.30. The predicted octanol–water partition coefficient (Wildman–Crippen LogP) is 1.21. The Morgan fingerprint density at radius 1 is 1.20 bits per heavy atom. The monoisotopic (exact) mass is 345 g/mol. The molecule has 1 aromatic rings. The van der Waals surface area contributed by atoms with E-state index >= 15 is 0 Å². The minimum absolute atomic E-state index is 0.0319. The van der Waals surface area contributed by atoms with Crippen molar-refractivity contribution in [1.82, 2.24) is 20.2 Å². The van der Waals surface area contributed by atoms with Crippen LogP contribution in [0.1, 0.15) is 38.5 Å². The third kappa shape index (κ3) is 4.90. The maximum absolute atomic E-state index is 12.5. The quantitative estimate of drug-likeness (QED) is 0.868. The van der Waals surface area contributed by atoms with Crippen molar-refractivity contribution in [2.75, 3.05) is 37.6 Å². The third-order valence-electron chi connectivity index (χ3n) is 5.02. The van der Waals surface area contributed by atoms with Crippen LogP contribution in [0, 0.1) is 5.92 Å². The molecule has 7 nitrogen and oxygen atoms in total. The average Bonchev–Trinajstić information content (AvgIpc) is 2.87. The lowest BCUT2D eigenvalue weighted by Gasteiger charge is -2.32. The van der Waals surface area contributed by atoms with Crippen molar-refractivity contribution < 1.29 is 9.59 Å². The minimum Gasteiger partial charge on any atom is -0.355 e. The van der Waals surface area contributed by atoms with E-state index in [9.17, 15) is 9.59 Å². The van der Waals surface area contributed by atoms with Gasteiger partial charge in [0.25, 0.3) is 0 Å². The molecule has 2 amide bonds. The molecule has 25 heavy (non-hydrogen) atoms. The van der Waals surface area contributed by atoms with Crippen LogP contribution in [-0.4, -0.2) is 59.4 Å². The number of rotatable bonds is 5. The lowest BCUT2D eigenvalue weighted by Crippen LogP contribution is -2.45. The highest BCUT2D eigenvalue weighted by Crippen LogP contribution is 2.21. The zero-order valence-electron chi connectivity index (χ0n) is 14.7. The van der Waals surface area contributed by atoms with Crippen LogP contribution < -0.4 is 10.2 Å². The summed E-state index contributed by atoms with van der Waals surface area (Å²) in [5.74, 6) is 1.10. The number of amides is 2. The molecule has 0 bridgehead atoms. The second kappa shape index (κ2) is 8.78. The van der Waals surface area contributed by atoms with Crippen LogP contribution in [0.2, 0.25) is 0 Å². The molecule has 7 heteroatoms. The number of carbonyl (C=O) groups excluding carboxylic acids is 2. The summed E-state index contributed by atoms with van der Waals surface area (Å²) < 4.78 is 0. The normalized spacial score (nSPS) is 21.8. The summed E-state index contributed by atoms with van der Waals surface area (Å²) in [4.78, 5) is 36.9. The second-order valence-electron chi connectivity index (χ2n) is 6.83. The fraction of sp³-hybridized carbons (Fsp3) is 0.667. The van der Waals surface area contributed by atoms with E-state index in [1.54, 1.807) is 18.6 Å². The predicted molar refractivity (Wildman–Crippen MR) is 95.0 cm³/mol. The first kappa shape index (κ1) is 17.6. The molecular formula is C18H27N5O2. The van der Waals surface area contributed by atoms with E-state index in [1.165, 1.54) is 0 Å². The van der Waals surface area contributed by atoms with Gasteiger partial charge in [0.05, 0.1) is 12.1 Å². The van der Waals surface area contributed by atoms with Gasteiger partial charge in [0.2, 0.25) is 11.8 Å². The lowest BCUT2D eigenvalue weighted by molar-refractivity contribution is -0.131. The van der Waals surface area contributed by atoms with Gasteiger partial charge < -0.3 is 15.1 Å². The number of aromatic nitrogens is 2. The molecular weight excluding hydrogens is 318 g/mol. The summed E-state index contributed by atoms with van der Waals surface area (Å²) in [5.41, 5.74) is 0. The zero-order chi connectivity index (χ0) is 17.5. The van der Waals surface area contributed by atoms with E-state index in [0.717, 1.165) is 51.0 Å². The molecule has 3 rings (SSSR count). The van der Waals surface area contributed by atoms with E-state index in [2.05, 4.69) is 20.2 Å². The van der Waals surface area contributed by atoms with Crippen molar-refractivity contribution >= 4 is 17.6 Å². The number of nitrogens with zero attached hydrogens (tertiary/aromatic N) is 4. The Kier molecular flexibility index (Phi) is 6.19. The maximum atomic E-state index is 12.5. The van der Waals surface area contributed by atoms with Gasteiger partial charge in [-0.3, -0.25) is 14.6 Å². The SMILES string of the molecule is O=C(NCCN1CCCCCC1=O)[C@@H]1CCCN(c2cnccn2)C1. The van der Waals surface area contributed by atoms with E-state index in [1.807, 2.05) is 4.90 Å². The molecule has 0 unspecified atom stereocenters. The van der Waals surface area contributed by atoms with Crippen LogP contribution in [0.3, 0.4) is 0 Å². The Morgan fingerprint density at radius 2 is 2.12 bits per heavy atom. The third-order valence-corrected chi connectivity index (χ3v) is 5.02. The fourth-order valence-electron chi connectivity index (χ4n) is 3.59. The molecule has 2 saturated heterocycles. The highest BCUT2D eigenvalue weighted by molar-refractivity contribution is 5.80. The average molecular weight is 345 g/mol. The summed E-state index contributed by atoms with van der Waals surface area (Å²) in [5, 5.41) is 3.02. The highest BCUT2D eigenvalue weighted by Gasteiger charge is 2.26. The van der Waals surface area contributed by atoms with Crippen LogP contribution in [0.25, 0.3) is 0 Å². The number of nitrogens with one attached hydrogen (secondary N) is 1. The summed E-state index contributed by atoms with van der Waals surface area (Å²) in [6, 6.07) is 0. The number of piperidine rings is 1. The second-order valence-corrected chi connectivity index (χ2v) is 6.83. The first-order valence-electron chi connectivity index (χ1n) is 9.30. The first-order chi connectivity index (χ1) is 12.2.